The highest BCUT2D eigenvalue weighted by atomic mass is 32.2. The average Bonchev–Trinajstić information content (AvgIpc) is 2.96. The Balaban J connectivity index is 1.85. The molecule has 152 valence electrons. The topological polar surface area (TPSA) is 87.7 Å². The van der Waals surface area contributed by atoms with Crippen LogP contribution in [0.4, 0.5) is 4.79 Å². The predicted octanol–water partition coefficient (Wildman–Crippen LogP) is 3.09. The first kappa shape index (κ1) is 22.0. The summed E-state index contributed by atoms with van der Waals surface area (Å²) in [7, 11) is 0. The van der Waals surface area contributed by atoms with Crippen LogP contribution in [-0.2, 0) is 11.2 Å². The van der Waals surface area contributed by atoms with Gasteiger partial charge in [0.05, 0.1) is 18.0 Å². The molecule has 2 amide bonds. The fourth-order valence-corrected chi connectivity index (χ4v) is 3.49. The van der Waals surface area contributed by atoms with E-state index in [1.807, 2.05) is 38.1 Å². The maximum absolute atomic E-state index is 11.7. The van der Waals surface area contributed by atoms with Crippen molar-refractivity contribution in [2.45, 2.75) is 51.0 Å². The van der Waals surface area contributed by atoms with E-state index in [1.54, 1.807) is 13.1 Å². The first-order valence-corrected chi connectivity index (χ1v) is 10.1. The summed E-state index contributed by atoms with van der Waals surface area (Å²) in [5.74, 6) is 0.539. The van der Waals surface area contributed by atoms with E-state index in [0.717, 1.165) is 40.6 Å². The van der Waals surface area contributed by atoms with Gasteiger partial charge in [-0.15, -0.1) is 6.58 Å². The molecule has 0 aromatic heterocycles. The summed E-state index contributed by atoms with van der Waals surface area (Å²) in [5.41, 5.74) is 2.91. The Kier molecular flexibility index (Phi) is 8.14. The number of nitrogens with one attached hydrogen (secondary N) is 2. The van der Waals surface area contributed by atoms with Crippen LogP contribution in [0, 0.1) is 6.92 Å². The number of imide groups is 1. The third-order valence-electron chi connectivity index (χ3n) is 4.65. The SMILES string of the molecule is C=CC(CCOc1ccc(CC2SC(=O)NC2=O)c(C)c1)N/C=C(\C)C(C)O. The second-order valence-electron chi connectivity index (χ2n) is 6.89. The number of aliphatic hydroxyl groups excluding tert-OH is 1. The molecular formula is C21H28N2O4S. The third-order valence-corrected chi connectivity index (χ3v) is 5.63. The van der Waals surface area contributed by atoms with Gasteiger partial charge in [0.25, 0.3) is 5.24 Å². The Morgan fingerprint density at radius 1 is 1.46 bits per heavy atom. The molecule has 0 aliphatic carbocycles. The molecule has 1 aliphatic heterocycles. The van der Waals surface area contributed by atoms with Crippen LogP contribution in [0.3, 0.4) is 0 Å². The van der Waals surface area contributed by atoms with Crippen molar-refractivity contribution in [2.24, 2.45) is 0 Å². The minimum Gasteiger partial charge on any atom is -0.493 e. The zero-order chi connectivity index (χ0) is 20.7. The summed E-state index contributed by atoms with van der Waals surface area (Å²) in [5, 5.41) is 14.4. The number of amides is 2. The fourth-order valence-electron chi connectivity index (χ4n) is 2.65. The molecule has 0 spiro atoms. The normalized spacial score (nSPS) is 19.1. The highest BCUT2D eigenvalue weighted by Gasteiger charge is 2.31. The molecule has 1 fully saturated rings. The average molecular weight is 405 g/mol. The highest BCUT2D eigenvalue weighted by molar-refractivity contribution is 8.15. The van der Waals surface area contributed by atoms with E-state index in [4.69, 9.17) is 4.74 Å². The summed E-state index contributed by atoms with van der Waals surface area (Å²) in [6.45, 7) is 9.90. The van der Waals surface area contributed by atoms with Crippen LogP contribution >= 0.6 is 11.8 Å². The number of rotatable bonds is 10. The summed E-state index contributed by atoms with van der Waals surface area (Å²) in [6, 6.07) is 5.82. The molecule has 1 aromatic carbocycles. The molecule has 6 nitrogen and oxygen atoms in total. The zero-order valence-electron chi connectivity index (χ0n) is 16.5. The fraction of sp³-hybridized carbons (Fsp3) is 0.429. The molecule has 1 aromatic rings. The van der Waals surface area contributed by atoms with Crippen LogP contribution in [0.25, 0.3) is 0 Å². The van der Waals surface area contributed by atoms with Crippen molar-refractivity contribution in [3.05, 3.63) is 53.8 Å². The number of carbonyl (C=O) groups excluding carboxylic acids is 2. The maximum Gasteiger partial charge on any atom is 0.286 e. The molecule has 1 aliphatic rings. The first-order valence-electron chi connectivity index (χ1n) is 9.27. The Morgan fingerprint density at radius 3 is 2.79 bits per heavy atom. The lowest BCUT2D eigenvalue weighted by molar-refractivity contribution is -0.118. The van der Waals surface area contributed by atoms with Crippen molar-refractivity contribution in [3.63, 3.8) is 0 Å². The van der Waals surface area contributed by atoms with Crippen LogP contribution in [-0.4, -0.2) is 40.3 Å². The van der Waals surface area contributed by atoms with Crippen molar-refractivity contribution in [1.82, 2.24) is 10.6 Å². The van der Waals surface area contributed by atoms with Crippen LogP contribution in [0.15, 0.2) is 42.6 Å². The minimum absolute atomic E-state index is 0.0458. The van der Waals surface area contributed by atoms with Crippen molar-refractivity contribution in [2.75, 3.05) is 6.61 Å². The Bertz CT molecular complexity index is 761. The van der Waals surface area contributed by atoms with Gasteiger partial charge in [-0.3, -0.25) is 14.9 Å². The molecule has 1 saturated heterocycles. The first-order chi connectivity index (χ1) is 13.3. The van der Waals surface area contributed by atoms with Crippen LogP contribution in [0.5, 0.6) is 5.75 Å². The molecule has 28 heavy (non-hydrogen) atoms. The lowest BCUT2D eigenvalue weighted by atomic mass is 10.0. The predicted molar refractivity (Wildman–Crippen MR) is 112 cm³/mol. The minimum atomic E-state index is -0.484. The monoisotopic (exact) mass is 404 g/mol. The van der Waals surface area contributed by atoms with Crippen molar-refractivity contribution < 1.29 is 19.4 Å². The number of hydrogen-bond acceptors (Lipinski definition) is 6. The number of carbonyl (C=O) groups is 2. The van der Waals surface area contributed by atoms with Gasteiger partial charge < -0.3 is 15.2 Å². The Morgan fingerprint density at radius 2 is 2.21 bits per heavy atom. The molecule has 3 N–H and O–H groups in total. The molecule has 3 unspecified atom stereocenters. The van der Waals surface area contributed by atoms with Crippen LogP contribution in [0.2, 0.25) is 0 Å². The summed E-state index contributed by atoms with van der Waals surface area (Å²) in [6.07, 6.45) is 4.38. The number of hydrogen-bond donors (Lipinski definition) is 3. The maximum atomic E-state index is 11.7. The van der Waals surface area contributed by atoms with Crippen molar-refractivity contribution in [3.8, 4) is 5.75 Å². The van der Waals surface area contributed by atoms with Gasteiger partial charge in [0.15, 0.2) is 0 Å². The summed E-state index contributed by atoms with van der Waals surface area (Å²) in [4.78, 5) is 23.0. The van der Waals surface area contributed by atoms with Gasteiger partial charge >= 0.3 is 0 Å². The number of ether oxygens (including phenoxy) is 1. The Hall–Kier alpha value is -2.25. The number of aryl methyl sites for hydroxylation is 1. The lowest BCUT2D eigenvalue weighted by Gasteiger charge is -2.16. The molecule has 0 radical (unpaired) electrons. The van der Waals surface area contributed by atoms with E-state index in [0.29, 0.717) is 13.0 Å². The lowest BCUT2D eigenvalue weighted by Crippen LogP contribution is -2.25. The van der Waals surface area contributed by atoms with E-state index in [-0.39, 0.29) is 22.4 Å². The van der Waals surface area contributed by atoms with Gasteiger partial charge in [0, 0.05) is 12.5 Å². The van der Waals surface area contributed by atoms with E-state index in [1.165, 1.54) is 0 Å². The largest absolute Gasteiger partial charge is 0.493 e. The standard InChI is InChI=1S/C21H28N2O4S/c1-5-17(22-12-14(3)15(4)24)8-9-27-18-7-6-16(13(2)10-18)11-19-20(25)23-21(26)28-19/h5-7,10,12,15,17,19,22,24H,1,8-9,11H2,2-4H3,(H,23,25,26)/b14-12+. The van der Waals surface area contributed by atoms with E-state index in [2.05, 4.69) is 17.2 Å². The van der Waals surface area contributed by atoms with Gasteiger partial charge in [-0.1, -0.05) is 23.9 Å². The van der Waals surface area contributed by atoms with Crippen LogP contribution < -0.4 is 15.4 Å². The quantitative estimate of drug-likeness (QED) is 0.520. The molecular weight excluding hydrogens is 376 g/mol. The van der Waals surface area contributed by atoms with E-state index >= 15 is 0 Å². The molecule has 2 rings (SSSR count). The smallest absolute Gasteiger partial charge is 0.286 e. The van der Waals surface area contributed by atoms with Gasteiger partial charge in [-0.25, -0.2) is 0 Å². The summed E-state index contributed by atoms with van der Waals surface area (Å²) >= 11 is 1.04. The van der Waals surface area contributed by atoms with Crippen molar-refractivity contribution in [1.29, 1.82) is 0 Å². The van der Waals surface area contributed by atoms with Gasteiger partial charge in [-0.05, 0) is 62.2 Å². The Labute approximate surface area is 170 Å². The second-order valence-corrected chi connectivity index (χ2v) is 8.06. The van der Waals surface area contributed by atoms with E-state index in [9.17, 15) is 14.7 Å². The molecule has 0 bridgehead atoms. The van der Waals surface area contributed by atoms with Crippen molar-refractivity contribution >= 4 is 22.9 Å². The highest BCUT2D eigenvalue weighted by Crippen LogP contribution is 2.26. The molecule has 3 atom stereocenters. The van der Waals surface area contributed by atoms with Crippen LogP contribution in [0.1, 0.15) is 31.4 Å². The van der Waals surface area contributed by atoms with E-state index < -0.39 is 6.10 Å². The summed E-state index contributed by atoms with van der Waals surface area (Å²) < 4.78 is 5.84. The zero-order valence-corrected chi connectivity index (χ0v) is 17.3. The van der Waals surface area contributed by atoms with Gasteiger partial charge in [0.1, 0.15) is 5.75 Å². The van der Waals surface area contributed by atoms with Gasteiger partial charge in [-0.2, -0.15) is 0 Å². The number of aliphatic hydroxyl groups is 1. The molecule has 7 heteroatoms. The second kappa shape index (κ2) is 10.3. The molecule has 1 heterocycles. The third kappa shape index (κ3) is 6.42. The number of thioether (sulfide) groups is 1. The number of benzene rings is 1. The van der Waals surface area contributed by atoms with Gasteiger partial charge in [0.2, 0.25) is 5.91 Å². The molecule has 0 saturated carbocycles.